The molecule has 0 rings (SSSR count). The Bertz CT molecular complexity index is 280. The van der Waals surface area contributed by atoms with Crippen molar-refractivity contribution < 1.29 is 24.2 Å². The van der Waals surface area contributed by atoms with Crippen LogP contribution in [0.1, 0.15) is 13.3 Å². The van der Waals surface area contributed by atoms with Gasteiger partial charge in [0, 0.05) is 18.1 Å². The van der Waals surface area contributed by atoms with Crippen molar-refractivity contribution >= 4 is 11.9 Å². The number of hydrogen-bond acceptors (Lipinski definition) is 5. The molecule has 0 aliphatic rings. The molecule has 0 aromatic heterocycles. The molecule has 0 saturated heterocycles. The maximum Gasteiger partial charge on any atom is 0.333 e. The van der Waals surface area contributed by atoms with Crippen LogP contribution in [0.4, 0.5) is 0 Å². The quantitative estimate of drug-likeness (QED) is 0.392. The van der Waals surface area contributed by atoms with Crippen molar-refractivity contribution in [2.75, 3.05) is 13.2 Å². The molecule has 1 atom stereocenters. The first-order valence-corrected chi connectivity index (χ1v) is 4.79. The topological polar surface area (TPSA) is 72.8 Å². The number of esters is 2. The molecule has 0 saturated carbocycles. The number of hydrogen-bond donors (Lipinski definition) is 1. The van der Waals surface area contributed by atoms with Crippen LogP contribution in [0.15, 0.2) is 24.8 Å². The van der Waals surface area contributed by atoms with Gasteiger partial charge in [-0.15, -0.1) is 0 Å². The summed E-state index contributed by atoms with van der Waals surface area (Å²) in [7, 11) is 0. The van der Waals surface area contributed by atoms with Crippen LogP contribution in [0.5, 0.6) is 0 Å². The van der Waals surface area contributed by atoms with E-state index < -0.39 is 18.0 Å². The lowest BCUT2D eigenvalue weighted by atomic mass is 10.1. The standard InChI is InChI=1S/C11H16O5/c1-4-10(13)15-5-6-16-11(14)8(2)7-9(3)12/h4,9,12H,1-2,5-7H2,3H3. The molecule has 0 spiro atoms. The van der Waals surface area contributed by atoms with E-state index in [0.29, 0.717) is 0 Å². The van der Waals surface area contributed by atoms with Gasteiger partial charge in [0.05, 0.1) is 6.10 Å². The Morgan fingerprint density at radius 1 is 1.38 bits per heavy atom. The molecule has 0 amide bonds. The molecular weight excluding hydrogens is 212 g/mol. The Balaban J connectivity index is 3.69. The van der Waals surface area contributed by atoms with E-state index in [9.17, 15) is 9.59 Å². The van der Waals surface area contributed by atoms with Crippen molar-refractivity contribution in [2.45, 2.75) is 19.4 Å². The van der Waals surface area contributed by atoms with Gasteiger partial charge >= 0.3 is 11.9 Å². The lowest BCUT2D eigenvalue weighted by Crippen LogP contribution is -2.16. The first kappa shape index (κ1) is 14.4. The summed E-state index contributed by atoms with van der Waals surface area (Å²) < 4.78 is 9.33. The smallest absolute Gasteiger partial charge is 0.333 e. The molecule has 0 aromatic rings. The summed E-state index contributed by atoms with van der Waals surface area (Å²) in [6.45, 7) is 8.15. The molecule has 0 aliphatic carbocycles. The number of rotatable bonds is 7. The van der Waals surface area contributed by atoms with Crippen LogP contribution in [0, 0.1) is 0 Å². The lowest BCUT2D eigenvalue weighted by Gasteiger charge is -2.08. The number of carbonyl (C=O) groups is 2. The average molecular weight is 228 g/mol. The highest BCUT2D eigenvalue weighted by molar-refractivity contribution is 5.87. The van der Waals surface area contributed by atoms with E-state index in [2.05, 4.69) is 17.9 Å². The van der Waals surface area contributed by atoms with Gasteiger partial charge in [-0.3, -0.25) is 0 Å². The zero-order valence-electron chi connectivity index (χ0n) is 9.27. The van der Waals surface area contributed by atoms with Gasteiger partial charge in [-0.25, -0.2) is 9.59 Å². The number of ether oxygens (including phenoxy) is 2. The summed E-state index contributed by atoms with van der Waals surface area (Å²) in [6, 6.07) is 0. The van der Waals surface area contributed by atoms with Gasteiger partial charge < -0.3 is 14.6 Å². The lowest BCUT2D eigenvalue weighted by molar-refractivity contribution is -0.146. The molecule has 90 valence electrons. The largest absolute Gasteiger partial charge is 0.459 e. The summed E-state index contributed by atoms with van der Waals surface area (Å²) in [5.41, 5.74) is 0.185. The highest BCUT2D eigenvalue weighted by atomic mass is 16.6. The van der Waals surface area contributed by atoms with Gasteiger partial charge in [-0.05, 0) is 6.92 Å². The van der Waals surface area contributed by atoms with Gasteiger partial charge in [-0.1, -0.05) is 13.2 Å². The van der Waals surface area contributed by atoms with E-state index >= 15 is 0 Å². The Labute approximate surface area is 94.4 Å². The highest BCUT2D eigenvalue weighted by Gasteiger charge is 2.10. The van der Waals surface area contributed by atoms with Crippen molar-refractivity contribution in [1.29, 1.82) is 0 Å². The van der Waals surface area contributed by atoms with E-state index in [4.69, 9.17) is 9.84 Å². The van der Waals surface area contributed by atoms with Gasteiger partial charge in [0.1, 0.15) is 13.2 Å². The summed E-state index contributed by atoms with van der Waals surface area (Å²) >= 11 is 0. The molecule has 1 unspecified atom stereocenters. The number of carbonyl (C=O) groups excluding carboxylic acids is 2. The molecule has 0 bridgehead atoms. The zero-order valence-corrected chi connectivity index (χ0v) is 9.27. The molecule has 0 aromatic carbocycles. The van der Waals surface area contributed by atoms with E-state index in [0.717, 1.165) is 6.08 Å². The van der Waals surface area contributed by atoms with Crippen LogP contribution in [0.2, 0.25) is 0 Å². The molecule has 0 fully saturated rings. The molecule has 16 heavy (non-hydrogen) atoms. The second-order valence-electron chi connectivity index (χ2n) is 3.16. The number of aliphatic hydroxyl groups excluding tert-OH is 1. The summed E-state index contributed by atoms with van der Waals surface area (Å²) in [5.74, 6) is -1.17. The molecule has 0 heterocycles. The fraction of sp³-hybridized carbons (Fsp3) is 0.455. The third-order valence-corrected chi connectivity index (χ3v) is 1.56. The SMILES string of the molecule is C=CC(=O)OCCOC(=O)C(=C)CC(C)O. The van der Waals surface area contributed by atoms with Gasteiger partial charge in [0.25, 0.3) is 0 Å². The Hall–Kier alpha value is -1.62. The van der Waals surface area contributed by atoms with Gasteiger partial charge in [0.15, 0.2) is 0 Å². The second kappa shape index (κ2) is 7.64. The second-order valence-corrected chi connectivity index (χ2v) is 3.16. The Morgan fingerprint density at radius 3 is 2.44 bits per heavy atom. The van der Waals surface area contributed by atoms with Gasteiger partial charge in [-0.2, -0.15) is 0 Å². The average Bonchev–Trinajstić information content (AvgIpc) is 2.22. The molecule has 1 N–H and O–H groups in total. The van der Waals surface area contributed by atoms with E-state index in [1.165, 1.54) is 0 Å². The van der Waals surface area contributed by atoms with Crippen molar-refractivity contribution in [1.82, 2.24) is 0 Å². The first-order chi connectivity index (χ1) is 7.47. The maximum atomic E-state index is 11.2. The normalized spacial score (nSPS) is 11.4. The first-order valence-electron chi connectivity index (χ1n) is 4.79. The zero-order chi connectivity index (χ0) is 12.6. The minimum Gasteiger partial charge on any atom is -0.459 e. The fourth-order valence-electron chi connectivity index (χ4n) is 0.878. The molecule has 0 radical (unpaired) electrons. The van der Waals surface area contributed by atoms with Crippen molar-refractivity contribution in [3.8, 4) is 0 Å². The third-order valence-electron chi connectivity index (χ3n) is 1.56. The van der Waals surface area contributed by atoms with Crippen LogP contribution in [-0.2, 0) is 19.1 Å². The monoisotopic (exact) mass is 228 g/mol. The molecule has 5 heteroatoms. The third kappa shape index (κ3) is 6.78. The summed E-state index contributed by atoms with van der Waals surface area (Å²) in [4.78, 5) is 21.8. The minimum atomic E-state index is -0.640. The molecule has 0 aliphatic heterocycles. The van der Waals surface area contributed by atoms with E-state index in [1.54, 1.807) is 6.92 Å². The predicted octanol–water partition coefficient (Wildman–Crippen LogP) is 0.586. The van der Waals surface area contributed by atoms with Crippen LogP contribution in [0.3, 0.4) is 0 Å². The minimum absolute atomic E-state index is 0.0292. The van der Waals surface area contributed by atoms with Crippen LogP contribution < -0.4 is 0 Å². The van der Waals surface area contributed by atoms with Crippen molar-refractivity contribution in [3.05, 3.63) is 24.8 Å². The molecular formula is C11H16O5. The molecule has 5 nitrogen and oxygen atoms in total. The summed E-state index contributed by atoms with van der Waals surface area (Å²) in [6.07, 6.45) is 0.540. The number of aliphatic hydroxyl groups is 1. The Kier molecular flexibility index (Phi) is 6.87. The van der Waals surface area contributed by atoms with E-state index in [-0.39, 0.29) is 25.2 Å². The fourth-order valence-corrected chi connectivity index (χ4v) is 0.878. The van der Waals surface area contributed by atoms with Crippen LogP contribution in [-0.4, -0.2) is 36.4 Å². The van der Waals surface area contributed by atoms with Crippen LogP contribution >= 0.6 is 0 Å². The van der Waals surface area contributed by atoms with E-state index in [1.807, 2.05) is 0 Å². The van der Waals surface area contributed by atoms with Gasteiger partial charge in [0.2, 0.25) is 0 Å². The highest BCUT2D eigenvalue weighted by Crippen LogP contribution is 2.04. The van der Waals surface area contributed by atoms with Crippen molar-refractivity contribution in [2.24, 2.45) is 0 Å². The Morgan fingerprint density at radius 2 is 1.94 bits per heavy atom. The van der Waals surface area contributed by atoms with Crippen molar-refractivity contribution in [3.63, 3.8) is 0 Å². The predicted molar refractivity (Wildman–Crippen MR) is 57.6 cm³/mol. The maximum absolute atomic E-state index is 11.2. The summed E-state index contributed by atoms with van der Waals surface area (Å²) in [5, 5.41) is 9.00. The van der Waals surface area contributed by atoms with Crippen LogP contribution in [0.25, 0.3) is 0 Å².